The lowest BCUT2D eigenvalue weighted by molar-refractivity contribution is 0.364. The van der Waals surface area contributed by atoms with E-state index in [1.165, 1.54) is 134 Å². The third kappa shape index (κ3) is 22.1. The van der Waals surface area contributed by atoms with Crippen LogP contribution in [0.2, 0.25) is 0 Å². The van der Waals surface area contributed by atoms with Gasteiger partial charge in [-0.25, -0.2) is 0 Å². The number of rotatable bonds is 37. The molecular formula is C51H82O6P2. The lowest BCUT2D eigenvalue weighted by Crippen LogP contribution is -2.09. The minimum atomic E-state index is -2.69. The van der Waals surface area contributed by atoms with Gasteiger partial charge in [-0.15, -0.1) is 0 Å². The number of hydrogen-bond donors (Lipinski definition) is 4. The van der Waals surface area contributed by atoms with Crippen LogP contribution in [0.3, 0.4) is 0 Å². The molecule has 3 rings (SSSR count). The summed E-state index contributed by atoms with van der Waals surface area (Å²) in [7, 11) is -5.36. The summed E-state index contributed by atoms with van der Waals surface area (Å²) >= 11 is 0. The monoisotopic (exact) mass is 853 g/mol. The van der Waals surface area contributed by atoms with Crippen LogP contribution in [0.5, 0.6) is 11.5 Å². The van der Waals surface area contributed by atoms with Crippen molar-refractivity contribution in [2.45, 2.75) is 213 Å². The van der Waals surface area contributed by atoms with Crippen molar-refractivity contribution in [1.29, 1.82) is 0 Å². The van der Waals surface area contributed by atoms with Crippen LogP contribution in [-0.2, 0) is 25.7 Å². The van der Waals surface area contributed by atoms with E-state index >= 15 is 0 Å². The molecule has 0 bridgehead atoms. The van der Waals surface area contributed by atoms with Gasteiger partial charge in [0.2, 0.25) is 0 Å². The van der Waals surface area contributed by atoms with Gasteiger partial charge in [-0.05, 0) is 62.5 Å². The molecule has 0 heterocycles. The van der Waals surface area contributed by atoms with Gasteiger partial charge < -0.3 is 28.6 Å². The van der Waals surface area contributed by atoms with Gasteiger partial charge in [-0.1, -0.05) is 222 Å². The summed E-state index contributed by atoms with van der Waals surface area (Å²) in [5.41, 5.74) is 5.89. The summed E-state index contributed by atoms with van der Waals surface area (Å²) in [6, 6.07) is 20.8. The molecule has 3 aromatic carbocycles. The standard InChI is InChI=1S/C51H82O6P2/c1-3-5-7-9-11-13-15-19-23-33-41-46-47(42-34-24-20-16-14-12-10-8-6-4-2)51(57-59(54)55)49(45-39-31-27-32-40-45)48(50(46)56-58(52)53)43-35-25-21-17-18-22-28-36-44-37-29-26-30-38-44/h26-27,29-32,37-40,52-55H,3-25,28,33-36,41-43H2,1-2H3. The average molecular weight is 853 g/mol. The smallest absolute Gasteiger partial charge is 0.391 e. The molecule has 0 radical (unpaired) electrons. The molecule has 0 aliphatic rings. The third-order valence-corrected chi connectivity index (χ3v) is 12.6. The molecule has 4 N–H and O–H groups in total. The Kier molecular flexibility index (Phi) is 29.2. The van der Waals surface area contributed by atoms with Crippen LogP contribution < -0.4 is 9.05 Å². The first-order chi connectivity index (χ1) is 29.0. The van der Waals surface area contributed by atoms with Crippen molar-refractivity contribution in [2.24, 2.45) is 0 Å². The van der Waals surface area contributed by atoms with Gasteiger partial charge in [0.1, 0.15) is 11.5 Å². The molecular weight excluding hydrogens is 771 g/mol. The van der Waals surface area contributed by atoms with Crippen molar-refractivity contribution < 1.29 is 28.6 Å². The van der Waals surface area contributed by atoms with Crippen LogP contribution in [-0.4, -0.2) is 19.6 Å². The van der Waals surface area contributed by atoms with Gasteiger partial charge in [0.15, 0.2) is 0 Å². The quantitative estimate of drug-likeness (QED) is 0.0341. The van der Waals surface area contributed by atoms with Crippen molar-refractivity contribution in [3.63, 3.8) is 0 Å². The summed E-state index contributed by atoms with van der Waals surface area (Å²) in [5.74, 6) is 1.11. The molecule has 0 saturated heterocycles. The maximum Gasteiger partial charge on any atom is 0.391 e. The molecule has 0 aliphatic carbocycles. The van der Waals surface area contributed by atoms with Crippen LogP contribution in [0.15, 0.2) is 60.7 Å². The van der Waals surface area contributed by atoms with E-state index in [4.69, 9.17) is 9.05 Å². The summed E-state index contributed by atoms with van der Waals surface area (Å²) < 4.78 is 12.3. The predicted molar refractivity (Wildman–Crippen MR) is 253 cm³/mol. The molecule has 6 nitrogen and oxygen atoms in total. The topological polar surface area (TPSA) is 99.4 Å². The number of benzene rings is 3. The normalized spacial score (nSPS) is 11.6. The highest BCUT2D eigenvalue weighted by Crippen LogP contribution is 2.51. The molecule has 0 amide bonds. The van der Waals surface area contributed by atoms with Gasteiger partial charge in [0.25, 0.3) is 0 Å². The first-order valence-electron chi connectivity index (χ1n) is 24.0. The van der Waals surface area contributed by atoms with Crippen LogP contribution in [0.25, 0.3) is 11.1 Å². The summed E-state index contributed by atoms with van der Waals surface area (Å²) in [5, 5.41) is 0. The highest BCUT2D eigenvalue weighted by molar-refractivity contribution is 7.40. The van der Waals surface area contributed by atoms with Gasteiger partial charge in [0, 0.05) is 22.3 Å². The van der Waals surface area contributed by atoms with Gasteiger partial charge in [-0.2, -0.15) is 0 Å². The zero-order valence-corrected chi connectivity index (χ0v) is 39.0. The van der Waals surface area contributed by atoms with Crippen LogP contribution in [0, 0.1) is 0 Å². The molecule has 0 aliphatic heterocycles. The molecule has 0 atom stereocenters. The molecule has 0 saturated carbocycles. The molecule has 0 fully saturated rings. The Labute approximate surface area is 363 Å². The predicted octanol–water partition coefficient (Wildman–Crippen LogP) is 16.0. The van der Waals surface area contributed by atoms with Crippen LogP contribution in [0.1, 0.15) is 209 Å². The lowest BCUT2D eigenvalue weighted by Gasteiger charge is -2.27. The molecule has 0 spiro atoms. The van der Waals surface area contributed by atoms with Gasteiger partial charge in [-0.3, -0.25) is 0 Å². The van der Waals surface area contributed by atoms with Crippen molar-refractivity contribution in [1.82, 2.24) is 0 Å². The highest BCUT2D eigenvalue weighted by Gasteiger charge is 2.29. The fourth-order valence-corrected chi connectivity index (χ4v) is 9.40. The van der Waals surface area contributed by atoms with E-state index < -0.39 is 17.2 Å². The Morgan fingerprint density at radius 1 is 0.356 bits per heavy atom. The molecule has 59 heavy (non-hydrogen) atoms. The van der Waals surface area contributed by atoms with Crippen molar-refractivity contribution in [3.05, 3.63) is 82.9 Å². The van der Waals surface area contributed by atoms with Crippen LogP contribution in [0.4, 0.5) is 0 Å². The Balaban J connectivity index is 1.84. The van der Waals surface area contributed by atoms with Crippen molar-refractivity contribution >= 4 is 17.2 Å². The van der Waals surface area contributed by atoms with E-state index in [-0.39, 0.29) is 0 Å². The fraction of sp³-hybridized carbons (Fsp3) is 0.647. The van der Waals surface area contributed by atoms with Crippen molar-refractivity contribution in [3.8, 4) is 22.6 Å². The number of aryl methyl sites for hydroxylation is 1. The molecule has 0 aromatic heterocycles. The Bertz CT molecular complexity index is 1450. The molecule has 0 unspecified atom stereocenters. The minimum Gasteiger partial charge on any atom is -0.426 e. The maximum atomic E-state index is 10.5. The van der Waals surface area contributed by atoms with E-state index in [0.29, 0.717) is 24.3 Å². The van der Waals surface area contributed by atoms with E-state index in [2.05, 4.69) is 44.2 Å². The Morgan fingerprint density at radius 2 is 0.678 bits per heavy atom. The molecule has 332 valence electrons. The molecule has 8 heteroatoms. The fourth-order valence-electron chi connectivity index (χ4n) is 8.65. The van der Waals surface area contributed by atoms with Crippen LogP contribution >= 0.6 is 17.2 Å². The molecule has 3 aromatic rings. The zero-order valence-electron chi connectivity index (χ0n) is 37.2. The summed E-state index contributed by atoms with van der Waals surface area (Å²) in [4.78, 5) is 42.0. The average Bonchev–Trinajstić information content (AvgIpc) is 3.23. The second kappa shape index (κ2) is 33.6. The van der Waals surface area contributed by atoms with Gasteiger partial charge in [0.05, 0.1) is 0 Å². The van der Waals surface area contributed by atoms with E-state index in [0.717, 1.165) is 85.6 Å². The Morgan fingerprint density at radius 3 is 1.08 bits per heavy atom. The SMILES string of the molecule is CCCCCCCCCCCCc1c(CCCCCCCCCCCC)c(OP(O)O)c(-c2ccccc2)c(CCCCCCCCCc2ccccc2)c1OP(O)O. The largest absolute Gasteiger partial charge is 0.426 e. The summed E-state index contributed by atoms with van der Waals surface area (Å²) in [6.07, 6.45) is 35.8. The maximum absolute atomic E-state index is 10.5. The number of hydrogen-bond acceptors (Lipinski definition) is 6. The summed E-state index contributed by atoms with van der Waals surface area (Å²) in [6.45, 7) is 4.52. The third-order valence-electron chi connectivity index (χ3n) is 11.9. The first kappa shape index (κ1) is 51.3. The van der Waals surface area contributed by atoms with E-state index in [1.54, 1.807) is 0 Å². The highest BCUT2D eigenvalue weighted by atomic mass is 31.2. The van der Waals surface area contributed by atoms with E-state index in [1.807, 2.05) is 30.3 Å². The first-order valence-corrected chi connectivity index (χ1v) is 26.3. The minimum absolute atomic E-state index is 0.534. The van der Waals surface area contributed by atoms with Crippen molar-refractivity contribution in [2.75, 3.05) is 0 Å². The Hall–Kier alpha value is -2.04. The van der Waals surface area contributed by atoms with Gasteiger partial charge >= 0.3 is 17.2 Å². The second-order valence-corrected chi connectivity index (χ2v) is 18.2. The number of unbranched alkanes of at least 4 members (excludes halogenated alkanes) is 24. The lowest BCUT2D eigenvalue weighted by atomic mass is 9.85. The second-order valence-electron chi connectivity index (χ2n) is 16.8. The van der Waals surface area contributed by atoms with E-state index in [9.17, 15) is 19.6 Å². The zero-order chi connectivity index (χ0) is 42.2.